The Morgan fingerprint density at radius 2 is 1.76 bits per heavy atom. The summed E-state index contributed by atoms with van der Waals surface area (Å²) in [6, 6.07) is 15.3. The molecule has 0 spiro atoms. The van der Waals surface area contributed by atoms with Gasteiger partial charge in [0, 0.05) is 19.1 Å². The first-order chi connectivity index (χ1) is 13.9. The van der Waals surface area contributed by atoms with Gasteiger partial charge in [0.1, 0.15) is 5.75 Å². The number of nitrogens with zero attached hydrogens (tertiary/aromatic N) is 2. The second-order valence-corrected chi connectivity index (χ2v) is 8.92. The lowest BCUT2D eigenvalue weighted by atomic mass is 10.1. The van der Waals surface area contributed by atoms with Gasteiger partial charge >= 0.3 is 0 Å². The molecule has 0 radical (unpaired) electrons. The van der Waals surface area contributed by atoms with E-state index in [0.29, 0.717) is 42.1 Å². The van der Waals surface area contributed by atoms with E-state index < -0.39 is 10.0 Å². The minimum atomic E-state index is -3.51. The molecule has 3 rings (SSSR count). The van der Waals surface area contributed by atoms with Crippen LogP contribution in [0.1, 0.15) is 24.0 Å². The number of benzene rings is 2. The first kappa shape index (κ1) is 20.8. The molecule has 2 aromatic carbocycles. The Bertz CT molecular complexity index is 988. The van der Waals surface area contributed by atoms with Crippen LogP contribution in [0.4, 0.5) is 0 Å². The van der Waals surface area contributed by atoms with E-state index in [1.165, 1.54) is 4.31 Å². The van der Waals surface area contributed by atoms with Crippen molar-refractivity contribution in [1.82, 2.24) is 9.62 Å². The summed E-state index contributed by atoms with van der Waals surface area (Å²) in [7, 11) is -3.51. The predicted octanol–water partition coefficient (Wildman–Crippen LogP) is 2.21. The summed E-state index contributed by atoms with van der Waals surface area (Å²) in [5.41, 5.74) is 1.53. The molecule has 8 heteroatoms. The van der Waals surface area contributed by atoms with Crippen molar-refractivity contribution in [3.63, 3.8) is 0 Å². The fraction of sp³-hybridized carbons (Fsp3) is 0.333. The summed E-state index contributed by atoms with van der Waals surface area (Å²) in [4.78, 5) is 12.4. The van der Waals surface area contributed by atoms with Crippen molar-refractivity contribution in [1.29, 1.82) is 5.26 Å². The van der Waals surface area contributed by atoms with E-state index in [0.717, 1.165) is 5.56 Å². The lowest BCUT2D eigenvalue weighted by molar-refractivity contribution is -0.124. The Kier molecular flexibility index (Phi) is 6.52. The predicted molar refractivity (Wildman–Crippen MR) is 108 cm³/mol. The van der Waals surface area contributed by atoms with Gasteiger partial charge in [-0.1, -0.05) is 17.7 Å². The highest BCUT2D eigenvalue weighted by Crippen LogP contribution is 2.21. The lowest BCUT2D eigenvalue weighted by Crippen LogP contribution is -2.47. The molecule has 0 atom stereocenters. The van der Waals surface area contributed by atoms with E-state index in [1.807, 2.05) is 13.0 Å². The second-order valence-electron chi connectivity index (χ2n) is 6.98. The number of aryl methyl sites for hydroxylation is 1. The highest BCUT2D eigenvalue weighted by Gasteiger charge is 2.29. The van der Waals surface area contributed by atoms with Crippen LogP contribution in [-0.4, -0.2) is 44.4 Å². The number of hydrogen-bond acceptors (Lipinski definition) is 5. The SMILES string of the molecule is Cc1ccc(S(=O)(=O)N2CCC(NC(=O)COc3ccc(C#N)cc3)CC2)cc1. The number of sulfonamides is 1. The summed E-state index contributed by atoms with van der Waals surface area (Å²) >= 11 is 0. The molecule has 0 aromatic heterocycles. The zero-order valence-electron chi connectivity index (χ0n) is 16.2. The molecule has 1 N–H and O–H groups in total. The van der Waals surface area contributed by atoms with Crippen molar-refractivity contribution in [3.05, 3.63) is 59.7 Å². The number of nitrogens with one attached hydrogen (secondary N) is 1. The smallest absolute Gasteiger partial charge is 0.258 e. The third kappa shape index (κ3) is 5.34. The van der Waals surface area contributed by atoms with E-state index in [9.17, 15) is 13.2 Å². The van der Waals surface area contributed by atoms with Crippen LogP contribution in [0.25, 0.3) is 0 Å². The van der Waals surface area contributed by atoms with Crippen molar-refractivity contribution < 1.29 is 17.9 Å². The van der Waals surface area contributed by atoms with Gasteiger partial charge in [-0.2, -0.15) is 9.57 Å². The average Bonchev–Trinajstić information content (AvgIpc) is 2.73. The minimum absolute atomic E-state index is 0.0865. The largest absolute Gasteiger partial charge is 0.484 e. The van der Waals surface area contributed by atoms with Crippen LogP contribution < -0.4 is 10.1 Å². The number of amides is 1. The minimum Gasteiger partial charge on any atom is -0.484 e. The van der Waals surface area contributed by atoms with Gasteiger partial charge in [0.15, 0.2) is 6.61 Å². The van der Waals surface area contributed by atoms with Gasteiger partial charge in [0.25, 0.3) is 5.91 Å². The van der Waals surface area contributed by atoms with Crippen LogP contribution in [0.5, 0.6) is 5.75 Å². The van der Waals surface area contributed by atoms with E-state index >= 15 is 0 Å². The molecule has 2 aromatic rings. The fourth-order valence-corrected chi connectivity index (χ4v) is 4.61. The van der Waals surface area contributed by atoms with Crippen molar-refractivity contribution in [2.75, 3.05) is 19.7 Å². The molecular formula is C21H23N3O4S. The van der Waals surface area contributed by atoms with Crippen molar-refractivity contribution in [3.8, 4) is 11.8 Å². The Morgan fingerprint density at radius 1 is 1.14 bits per heavy atom. The maximum absolute atomic E-state index is 12.7. The Morgan fingerprint density at radius 3 is 2.34 bits per heavy atom. The van der Waals surface area contributed by atoms with Crippen LogP contribution in [0.2, 0.25) is 0 Å². The highest BCUT2D eigenvalue weighted by molar-refractivity contribution is 7.89. The van der Waals surface area contributed by atoms with Crippen molar-refractivity contribution >= 4 is 15.9 Å². The van der Waals surface area contributed by atoms with Gasteiger partial charge < -0.3 is 10.1 Å². The second kappa shape index (κ2) is 9.07. The molecule has 1 amide bonds. The molecule has 1 aliphatic rings. The number of nitriles is 1. The lowest BCUT2D eigenvalue weighted by Gasteiger charge is -2.31. The number of carbonyl (C=O) groups is 1. The molecule has 1 aliphatic heterocycles. The third-order valence-corrected chi connectivity index (χ3v) is 6.74. The normalized spacial score (nSPS) is 15.4. The molecule has 0 bridgehead atoms. The van der Waals surface area contributed by atoms with Crippen molar-refractivity contribution in [2.45, 2.75) is 30.7 Å². The highest BCUT2D eigenvalue weighted by atomic mass is 32.2. The molecule has 0 unspecified atom stereocenters. The number of carbonyl (C=O) groups excluding carboxylic acids is 1. The standard InChI is InChI=1S/C21H23N3O4S/c1-16-2-8-20(9-3-16)29(26,27)24-12-10-18(11-13-24)23-21(25)15-28-19-6-4-17(14-22)5-7-19/h2-9,18H,10-13,15H2,1H3,(H,23,25). The average molecular weight is 413 g/mol. The summed E-state index contributed by atoms with van der Waals surface area (Å²) in [5, 5.41) is 11.7. The zero-order chi connectivity index (χ0) is 20.9. The molecule has 29 heavy (non-hydrogen) atoms. The van der Waals surface area contributed by atoms with Gasteiger partial charge in [-0.25, -0.2) is 8.42 Å². The summed E-state index contributed by atoms with van der Waals surface area (Å²) in [6.07, 6.45) is 1.10. The van der Waals surface area contributed by atoms with E-state index in [2.05, 4.69) is 5.32 Å². The molecule has 1 fully saturated rings. The van der Waals surface area contributed by atoms with Crippen LogP contribution >= 0.6 is 0 Å². The topological polar surface area (TPSA) is 99.5 Å². The maximum Gasteiger partial charge on any atom is 0.258 e. The Hall–Kier alpha value is -2.89. The maximum atomic E-state index is 12.7. The van der Waals surface area contributed by atoms with Gasteiger partial charge in [0.05, 0.1) is 16.5 Å². The van der Waals surface area contributed by atoms with Gasteiger partial charge in [-0.3, -0.25) is 4.79 Å². The van der Waals surface area contributed by atoms with Gasteiger partial charge in [-0.15, -0.1) is 0 Å². The van der Waals surface area contributed by atoms with E-state index in [-0.39, 0.29) is 18.6 Å². The molecule has 1 saturated heterocycles. The van der Waals surface area contributed by atoms with Crippen LogP contribution in [0, 0.1) is 18.3 Å². The van der Waals surface area contributed by atoms with Crippen LogP contribution in [-0.2, 0) is 14.8 Å². The van der Waals surface area contributed by atoms with E-state index in [1.54, 1.807) is 48.5 Å². The Balaban J connectivity index is 1.47. The molecule has 1 heterocycles. The summed E-state index contributed by atoms with van der Waals surface area (Å²) in [6.45, 7) is 2.50. The quantitative estimate of drug-likeness (QED) is 0.783. The van der Waals surface area contributed by atoms with Gasteiger partial charge in [-0.05, 0) is 56.2 Å². The number of piperidine rings is 1. The van der Waals surface area contributed by atoms with Crippen molar-refractivity contribution in [2.24, 2.45) is 0 Å². The summed E-state index contributed by atoms with van der Waals surface area (Å²) < 4.78 is 32.4. The van der Waals surface area contributed by atoms with Gasteiger partial charge in [0.2, 0.25) is 10.0 Å². The molecule has 0 saturated carbocycles. The van der Waals surface area contributed by atoms with Crippen LogP contribution in [0.15, 0.2) is 53.4 Å². The number of rotatable bonds is 6. The zero-order valence-corrected chi connectivity index (χ0v) is 17.0. The summed E-state index contributed by atoms with van der Waals surface area (Å²) in [5.74, 6) is 0.257. The van der Waals surface area contributed by atoms with E-state index in [4.69, 9.17) is 10.00 Å². The molecule has 0 aliphatic carbocycles. The molecule has 152 valence electrons. The fourth-order valence-electron chi connectivity index (χ4n) is 3.14. The monoisotopic (exact) mass is 413 g/mol. The molecular weight excluding hydrogens is 390 g/mol. The third-order valence-electron chi connectivity index (χ3n) is 4.83. The molecule has 7 nitrogen and oxygen atoms in total. The number of ether oxygens (including phenoxy) is 1. The first-order valence-corrected chi connectivity index (χ1v) is 10.8. The first-order valence-electron chi connectivity index (χ1n) is 9.37. The number of hydrogen-bond donors (Lipinski definition) is 1. The Labute approximate surface area is 171 Å². The van der Waals surface area contributed by atoms with Crippen LogP contribution in [0.3, 0.4) is 0 Å².